The van der Waals surface area contributed by atoms with Crippen molar-refractivity contribution in [3.8, 4) is 16.3 Å². The number of aromatic amines is 1. The minimum Gasteiger partial charge on any atom is -0.497 e. The summed E-state index contributed by atoms with van der Waals surface area (Å²) in [5, 5.41) is 10.6. The molecule has 1 aromatic carbocycles. The number of carbonyl (C=O) groups excluding carboxylic acids is 1. The summed E-state index contributed by atoms with van der Waals surface area (Å²) in [4.78, 5) is 16.7. The van der Waals surface area contributed by atoms with Crippen molar-refractivity contribution in [3.05, 3.63) is 59.2 Å². The number of ether oxygens (including phenoxy) is 1. The number of thiophene rings is 1. The number of benzene rings is 1. The van der Waals surface area contributed by atoms with E-state index in [0.29, 0.717) is 18.8 Å². The van der Waals surface area contributed by atoms with Gasteiger partial charge in [-0.3, -0.25) is 9.48 Å². The Morgan fingerprint density at radius 3 is 2.96 bits per heavy atom. The number of hydrogen-bond acceptors (Lipinski definition) is 4. The molecule has 0 bridgehead atoms. The highest BCUT2D eigenvalue weighted by molar-refractivity contribution is 7.13. The fourth-order valence-corrected chi connectivity index (χ4v) is 3.69. The molecule has 4 rings (SSSR count). The minimum atomic E-state index is -0.131. The van der Waals surface area contributed by atoms with Gasteiger partial charge >= 0.3 is 0 Å². The first-order chi connectivity index (χ1) is 13.1. The van der Waals surface area contributed by atoms with Crippen LogP contribution in [0.2, 0.25) is 0 Å². The van der Waals surface area contributed by atoms with Crippen LogP contribution in [0.4, 0.5) is 0 Å². The second-order valence-electron chi connectivity index (χ2n) is 6.26. The van der Waals surface area contributed by atoms with E-state index in [1.807, 2.05) is 47.3 Å². The zero-order valence-corrected chi connectivity index (χ0v) is 16.0. The number of carbonyl (C=O) groups is 1. The lowest BCUT2D eigenvalue weighted by molar-refractivity contribution is 0.0947. The van der Waals surface area contributed by atoms with Crippen molar-refractivity contribution in [1.82, 2.24) is 20.1 Å². The molecule has 3 aromatic heterocycles. The largest absolute Gasteiger partial charge is 0.497 e. The van der Waals surface area contributed by atoms with Crippen LogP contribution in [-0.2, 0) is 6.54 Å². The molecule has 0 atom stereocenters. The molecule has 0 aliphatic heterocycles. The van der Waals surface area contributed by atoms with Gasteiger partial charge in [-0.2, -0.15) is 5.10 Å². The summed E-state index contributed by atoms with van der Waals surface area (Å²) < 4.78 is 7.14. The molecule has 0 radical (unpaired) electrons. The Kier molecular flexibility index (Phi) is 4.68. The number of hydrogen-bond donors (Lipinski definition) is 2. The van der Waals surface area contributed by atoms with Gasteiger partial charge in [0.25, 0.3) is 5.91 Å². The topological polar surface area (TPSA) is 71.9 Å². The summed E-state index contributed by atoms with van der Waals surface area (Å²) >= 11 is 1.67. The van der Waals surface area contributed by atoms with Gasteiger partial charge in [-0.05, 0) is 42.6 Å². The van der Waals surface area contributed by atoms with Crippen LogP contribution in [0.1, 0.15) is 16.2 Å². The summed E-state index contributed by atoms with van der Waals surface area (Å²) in [5.41, 5.74) is 3.46. The molecule has 0 saturated carbocycles. The molecule has 0 aliphatic carbocycles. The number of rotatable bonds is 6. The molecule has 7 heteroatoms. The van der Waals surface area contributed by atoms with Crippen molar-refractivity contribution in [3.63, 3.8) is 0 Å². The second kappa shape index (κ2) is 7.28. The highest BCUT2D eigenvalue weighted by Crippen LogP contribution is 2.24. The lowest BCUT2D eigenvalue weighted by Gasteiger charge is -2.06. The smallest absolute Gasteiger partial charge is 0.267 e. The van der Waals surface area contributed by atoms with Gasteiger partial charge in [0.1, 0.15) is 17.1 Å². The molecule has 0 unspecified atom stereocenters. The lowest BCUT2D eigenvalue weighted by atomic mass is 10.2. The Hall–Kier alpha value is -3.06. The Morgan fingerprint density at radius 2 is 2.19 bits per heavy atom. The molecule has 0 saturated heterocycles. The van der Waals surface area contributed by atoms with E-state index in [1.54, 1.807) is 18.4 Å². The van der Waals surface area contributed by atoms with Crippen molar-refractivity contribution >= 4 is 28.1 Å². The predicted octanol–water partition coefficient (Wildman–Crippen LogP) is 3.84. The van der Waals surface area contributed by atoms with Gasteiger partial charge < -0.3 is 15.0 Å². The first-order valence-electron chi connectivity index (χ1n) is 8.67. The molecule has 4 aromatic rings. The standard InChI is InChI=1S/C20H20N4O2S/c1-13-10-17(19-4-3-9-27-19)23-24(13)8-7-21-20(25)18-11-14-5-6-15(26-2)12-16(14)22-18/h3-6,9-12,22H,7-8H2,1-2H3,(H,21,25). The molecule has 1 amide bonds. The number of fused-ring (bicyclic) bond motifs is 1. The fraction of sp³-hybridized carbons (Fsp3) is 0.200. The number of aryl methyl sites for hydroxylation is 1. The van der Waals surface area contributed by atoms with Gasteiger partial charge in [0.2, 0.25) is 0 Å². The summed E-state index contributed by atoms with van der Waals surface area (Å²) in [6, 6.07) is 13.7. The molecule has 0 aliphatic rings. The maximum absolute atomic E-state index is 12.4. The maximum atomic E-state index is 12.4. The van der Waals surface area contributed by atoms with Gasteiger partial charge in [-0.25, -0.2) is 0 Å². The number of nitrogens with zero attached hydrogens (tertiary/aromatic N) is 2. The van der Waals surface area contributed by atoms with Crippen molar-refractivity contribution < 1.29 is 9.53 Å². The third kappa shape index (κ3) is 3.59. The lowest BCUT2D eigenvalue weighted by Crippen LogP contribution is -2.28. The first-order valence-corrected chi connectivity index (χ1v) is 9.55. The zero-order chi connectivity index (χ0) is 18.8. The Morgan fingerprint density at radius 1 is 1.30 bits per heavy atom. The molecule has 2 N–H and O–H groups in total. The van der Waals surface area contributed by atoms with Gasteiger partial charge in [0.05, 0.1) is 18.5 Å². The molecule has 27 heavy (non-hydrogen) atoms. The van der Waals surface area contributed by atoms with Crippen LogP contribution in [0.5, 0.6) is 5.75 Å². The molecular weight excluding hydrogens is 360 g/mol. The molecular formula is C20H20N4O2S. The van der Waals surface area contributed by atoms with Crippen molar-refractivity contribution in [2.45, 2.75) is 13.5 Å². The number of nitrogens with one attached hydrogen (secondary N) is 2. The summed E-state index contributed by atoms with van der Waals surface area (Å²) in [6.07, 6.45) is 0. The van der Waals surface area contributed by atoms with E-state index in [0.717, 1.165) is 32.9 Å². The maximum Gasteiger partial charge on any atom is 0.267 e. The molecule has 0 spiro atoms. The second-order valence-corrected chi connectivity index (χ2v) is 7.21. The van der Waals surface area contributed by atoms with E-state index in [9.17, 15) is 4.79 Å². The van der Waals surface area contributed by atoms with Crippen LogP contribution in [0.3, 0.4) is 0 Å². The van der Waals surface area contributed by atoms with Gasteiger partial charge in [-0.15, -0.1) is 11.3 Å². The molecule has 138 valence electrons. The molecule has 6 nitrogen and oxygen atoms in total. The van der Waals surface area contributed by atoms with E-state index in [4.69, 9.17) is 4.74 Å². The van der Waals surface area contributed by atoms with Crippen LogP contribution in [-0.4, -0.2) is 34.3 Å². The highest BCUT2D eigenvalue weighted by atomic mass is 32.1. The van der Waals surface area contributed by atoms with Crippen LogP contribution in [0, 0.1) is 6.92 Å². The van der Waals surface area contributed by atoms with E-state index in [1.165, 1.54) is 0 Å². The van der Waals surface area contributed by atoms with Crippen LogP contribution in [0.15, 0.2) is 47.8 Å². The van der Waals surface area contributed by atoms with Gasteiger partial charge in [0.15, 0.2) is 0 Å². The average Bonchev–Trinajstić information content (AvgIpc) is 3.40. The summed E-state index contributed by atoms with van der Waals surface area (Å²) in [7, 11) is 1.62. The highest BCUT2D eigenvalue weighted by Gasteiger charge is 2.11. The number of methoxy groups -OCH3 is 1. The molecule has 3 heterocycles. The van der Waals surface area contributed by atoms with E-state index in [2.05, 4.69) is 27.5 Å². The van der Waals surface area contributed by atoms with Crippen molar-refractivity contribution in [1.29, 1.82) is 0 Å². The van der Waals surface area contributed by atoms with Crippen molar-refractivity contribution in [2.24, 2.45) is 0 Å². The van der Waals surface area contributed by atoms with Gasteiger partial charge in [0, 0.05) is 29.2 Å². The SMILES string of the molecule is COc1ccc2cc(C(=O)NCCn3nc(-c4cccs4)cc3C)[nH]c2c1. The third-order valence-corrected chi connectivity index (χ3v) is 5.33. The van der Waals surface area contributed by atoms with Gasteiger partial charge in [-0.1, -0.05) is 6.07 Å². The quantitative estimate of drug-likeness (QED) is 0.534. The Bertz CT molecular complexity index is 1080. The predicted molar refractivity (Wildman–Crippen MR) is 107 cm³/mol. The van der Waals surface area contributed by atoms with Crippen LogP contribution < -0.4 is 10.1 Å². The van der Waals surface area contributed by atoms with E-state index in [-0.39, 0.29) is 5.91 Å². The number of amides is 1. The summed E-state index contributed by atoms with van der Waals surface area (Å²) in [5.74, 6) is 0.625. The van der Waals surface area contributed by atoms with E-state index < -0.39 is 0 Å². The number of aromatic nitrogens is 3. The van der Waals surface area contributed by atoms with E-state index >= 15 is 0 Å². The minimum absolute atomic E-state index is 0.131. The normalized spacial score (nSPS) is 11.0. The Labute approximate surface area is 160 Å². The fourth-order valence-electron chi connectivity index (χ4n) is 3.01. The van der Waals surface area contributed by atoms with Crippen LogP contribution in [0.25, 0.3) is 21.5 Å². The average molecular weight is 380 g/mol. The molecule has 0 fully saturated rings. The summed E-state index contributed by atoms with van der Waals surface area (Å²) in [6.45, 7) is 3.15. The third-order valence-electron chi connectivity index (χ3n) is 4.44. The Balaban J connectivity index is 1.40. The van der Waals surface area contributed by atoms with Crippen LogP contribution >= 0.6 is 11.3 Å². The zero-order valence-electron chi connectivity index (χ0n) is 15.2. The number of H-pyrrole nitrogens is 1. The first kappa shape index (κ1) is 17.4. The van der Waals surface area contributed by atoms with Crippen molar-refractivity contribution in [2.75, 3.05) is 13.7 Å². The monoisotopic (exact) mass is 380 g/mol.